The molecule has 0 aliphatic heterocycles. The maximum Gasteiger partial charge on any atom is 0.122 e. The third-order valence-electron chi connectivity index (χ3n) is 3.22. The van der Waals surface area contributed by atoms with Crippen molar-refractivity contribution in [1.29, 1.82) is 0 Å². The first-order chi connectivity index (χ1) is 7.51. The number of benzene rings is 1. The molecule has 1 aromatic rings. The van der Waals surface area contributed by atoms with E-state index < -0.39 is 0 Å². The predicted octanol–water partition coefficient (Wildman–Crippen LogP) is 3.43. The molecule has 1 atom stereocenters. The molecule has 0 amide bonds. The Hall–Kier alpha value is -1.42. The summed E-state index contributed by atoms with van der Waals surface area (Å²) in [6, 6.07) is 2.10. The van der Waals surface area contributed by atoms with E-state index in [2.05, 4.69) is 39.7 Å². The van der Waals surface area contributed by atoms with Crippen LogP contribution in [0.2, 0.25) is 0 Å². The van der Waals surface area contributed by atoms with Crippen LogP contribution in [-0.2, 0) is 6.42 Å². The molecule has 16 heavy (non-hydrogen) atoms. The highest BCUT2D eigenvalue weighted by atomic mass is 16.5. The lowest BCUT2D eigenvalue weighted by molar-refractivity contribution is 0.410. The van der Waals surface area contributed by atoms with Crippen molar-refractivity contribution < 1.29 is 4.74 Å². The molecule has 0 saturated heterocycles. The van der Waals surface area contributed by atoms with Gasteiger partial charge in [0, 0.05) is 5.92 Å². The van der Waals surface area contributed by atoms with Crippen molar-refractivity contribution in [2.75, 3.05) is 7.11 Å². The van der Waals surface area contributed by atoms with Crippen molar-refractivity contribution in [3.05, 3.63) is 28.3 Å². The highest BCUT2D eigenvalue weighted by molar-refractivity contribution is 5.48. The van der Waals surface area contributed by atoms with Gasteiger partial charge in [-0.1, -0.05) is 6.92 Å². The Morgan fingerprint density at radius 1 is 1.31 bits per heavy atom. The van der Waals surface area contributed by atoms with Crippen LogP contribution in [0, 0.1) is 39.0 Å². The van der Waals surface area contributed by atoms with Crippen LogP contribution in [0.5, 0.6) is 5.75 Å². The molecule has 0 aliphatic carbocycles. The Morgan fingerprint density at radius 2 is 1.94 bits per heavy atom. The van der Waals surface area contributed by atoms with Gasteiger partial charge in [-0.25, -0.2) is 0 Å². The Labute approximate surface area is 98.8 Å². The molecule has 1 nitrogen and oxygen atoms in total. The van der Waals surface area contributed by atoms with E-state index in [-0.39, 0.29) is 5.92 Å². The third-order valence-corrected chi connectivity index (χ3v) is 3.22. The first kappa shape index (κ1) is 12.6. The third kappa shape index (κ3) is 2.39. The minimum atomic E-state index is 0.283. The molecule has 86 valence electrons. The average Bonchev–Trinajstić information content (AvgIpc) is 2.28. The molecular formula is C15H20O. The van der Waals surface area contributed by atoms with E-state index in [0.29, 0.717) is 0 Å². The minimum Gasteiger partial charge on any atom is -0.496 e. The summed E-state index contributed by atoms with van der Waals surface area (Å²) in [5.74, 6) is 4.03. The number of hydrogen-bond acceptors (Lipinski definition) is 1. The van der Waals surface area contributed by atoms with E-state index in [1.807, 2.05) is 0 Å². The van der Waals surface area contributed by atoms with Gasteiger partial charge >= 0.3 is 0 Å². The van der Waals surface area contributed by atoms with E-state index in [9.17, 15) is 0 Å². The van der Waals surface area contributed by atoms with E-state index in [4.69, 9.17) is 11.2 Å². The van der Waals surface area contributed by atoms with Gasteiger partial charge in [0.25, 0.3) is 0 Å². The maximum absolute atomic E-state index is 5.44. The molecule has 0 heterocycles. The van der Waals surface area contributed by atoms with Gasteiger partial charge < -0.3 is 4.74 Å². The van der Waals surface area contributed by atoms with Crippen molar-refractivity contribution in [3.8, 4) is 18.1 Å². The SMILES string of the molecule is C#CC(C)Cc1c(C)cc(OC)c(C)c1C. The second-order valence-electron chi connectivity index (χ2n) is 4.40. The molecule has 1 aromatic carbocycles. The van der Waals surface area contributed by atoms with Crippen molar-refractivity contribution in [1.82, 2.24) is 0 Å². The van der Waals surface area contributed by atoms with Gasteiger partial charge in [-0.05, 0) is 55.5 Å². The molecule has 0 N–H and O–H groups in total. The quantitative estimate of drug-likeness (QED) is 0.703. The topological polar surface area (TPSA) is 9.23 Å². The van der Waals surface area contributed by atoms with Crippen LogP contribution in [0.25, 0.3) is 0 Å². The summed E-state index contributed by atoms with van der Waals surface area (Å²) in [4.78, 5) is 0. The smallest absolute Gasteiger partial charge is 0.122 e. The Bertz CT molecular complexity index is 424. The Kier molecular flexibility index (Phi) is 4.01. The molecule has 0 fully saturated rings. The molecule has 0 aliphatic rings. The van der Waals surface area contributed by atoms with Gasteiger partial charge in [-0.15, -0.1) is 12.3 Å². The lowest BCUT2D eigenvalue weighted by Gasteiger charge is -2.17. The normalized spacial score (nSPS) is 12.0. The monoisotopic (exact) mass is 216 g/mol. The molecule has 1 unspecified atom stereocenters. The van der Waals surface area contributed by atoms with Crippen molar-refractivity contribution >= 4 is 0 Å². The van der Waals surface area contributed by atoms with E-state index in [0.717, 1.165) is 12.2 Å². The fraction of sp³-hybridized carbons (Fsp3) is 0.467. The van der Waals surface area contributed by atoms with Crippen molar-refractivity contribution in [2.24, 2.45) is 5.92 Å². The first-order valence-corrected chi connectivity index (χ1v) is 5.61. The summed E-state index contributed by atoms with van der Waals surface area (Å²) in [6.45, 7) is 8.44. The molecule has 0 bridgehead atoms. The fourth-order valence-electron chi connectivity index (χ4n) is 1.99. The number of hydrogen-bond donors (Lipinski definition) is 0. The molecule has 0 radical (unpaired) electrons. The first-order valence-electron chi connectivity index (χ1n) is 5.61. The van der Waals surface area contributed by atoms with Crippen LogP contribution in [0.1, 0.15) is 29.2 Å². The molecule has 0 saturated carbocycles. The van der Waals surface area contributed by atoms with Gasteiger partial charge in [0.15, 0.2) is 0 Å². The number of methoxy groups -OCH3 is 1. The zero-order chi connectivity index (χ0) is 12.3. The summed E-state index contributed by atoms with van der Waals surface area (Å²) < 4.78 is 5.35. The standard InChI is InChI=1S/C15H20O/c1-7-10(2)8-14-11(3)9-15(16-6)13(5)12(14)4/h1,9-10H,8H2,2-6H3. The Balaban J connectivity index is 3.21. The lowest BCUT2D eigenvalue weighted by atomic mass is 9.91. The van der Waals surface area contributed by atoms with Crippen LogP contribution in [0.15, 0.2) is 6.07 Å². The van der Waals surface area contributed by atoms with Crippen LogP contribution in [0.4, 0.5) is 0 Å². The summed E-state index contributed by atoms with van der Waals surface area (Å²) in [7, 11) is 1.71. The molecular weight excluding hydrogens is 196 g/mol. The van der Waals surface area contributed by atoms with Crippen molar-refractivity contribution in [2.45, 2.75) is 34.1 Å². The van der Waals surface area contributed by atoms with Crippen LogP contribution < -0.4 is 4.74 Å². The summed E-state index contributed by atoms with van der Waals surface area (Å²) >= 11 is 0. The van der Waals surface area contributed by atoms with Gasteiger partial charge in [0.2, 0.25) is 0 Å². The number of terminal acetylenes is 1. The van der Waals surface area contributed by atoms with Crippen LogP contribution in [0.3, 0.4) is 0 Å². The molecule has 1 rings (SSSR count). The highest BCUT2D eigenvalue weighted by Crippen LogP contribution is 2.28. The average molecular weight is 216 g/mol. The number of ether oxygens (including phenoxy) is 1. The van der Waals surface area contributed by atoms with Gasteiger partial charge in [0.1, 0.15) is 5.75 Å². The van der Waals surface area contributed by atoms with E-state index in [1.165, 1.54) is 22.3 Å². The zero-order valence-corrected chi connectivity index (χ0v) is 10.8. The van der Waals surface area contributed by atoms with Crippen LogP contribution >= 0.6 is 0 Å². The van der Waals surface area contributed by atoms with E-state index in [1.54, 1.807) is 7.11 Å². The second-order valence-corrected chi connectivity index (χ2v) is 4.40. The summed E-state index contributed by atoms with van der Waals surface area (Å²) in [6.07, 6.45) is 6.38. The molecule has 1 heteroatoms. The summed E-state index contributed by atoms with van der Waals surface area (Å²) in [5.41, 5.74) is 5.15. The number of rotatable bonds is 3. The highest BCUT2D eigenvalue weighted by Gasteiger charge is 2.12. The van der Waals surface area contributed by atoms with Gasteiger partial charge in [-0.2, -0.15) is 0 Å². The second kappa shape index (κ2) is 5.07. The van der Waals surface area contributed by atoms with E-state index >= 15 is 0 Å². The predicted molar refractivity (Wildman–Crippen MR) is 68.9 cm³/mol. The van der Waals surface area contributed by atoms with Gasteiger partial charge in [-0.3, -0.25) is 0 Å². The largest absolute Gasteiger partial charge is 0.496 e. The molecule has 0 spiro atoms. The summed E-state index contributed by atoms with van der Waals surface area (Å²) in [5, 5.41) is 0. The van der Waals surface area contributed by atoms with Crippen molar-refractivity contribution in [3.63, 3.8) is 0 Å². The Morgan fingerprint density at radius 3 is 2.44 bits per heavy atom. The minimum absolute atomic E-state index is 0.283. The molecule has 0 aromatic heterocycles. The zero-order valence-electron chi connectivity index (χ0n) is 10.8. The van der Waals surface area contributed by atoms with Gasteiger partial charge in [0.05, 0.1) is 7.11 Å². The maximum atomic E-state index is 5.44. The van der Waals surface area contributed by atoms with Crippen LogP contribution in [-0.4, -0.2) is 7.11 Å². The number of aryl methyl sites for hydroxylation is 1. The lowest BCUT2D eigenvalue weighted by Crippen LogP contribution is -2.04. The fourth-order valence-corrected chi connectivity index (χ4v) is 1.99.